The molecule has 0 aliphatic carbocycles. The van der Waals surface area contributed by atoms with Crippen molar-refractivity contribution in [3.05, 3.63) is 0 Å². The van der Waals surface area contributed by atoms with Crippen molar-refractivity contribution in [3.8, 4) is 0 Å². The first kappa shape index (κ1) is 13.3. The summed E-state index contributed by atoms with van der Waals surface area (Å²) in [5, 5.41) is 3.60. The summed E-state index contributed by atoms with van der Waals surface area (Å²) in [6.07, 6.45) is 3.50. The number of nitrogens with one attached hydrogen (secondary N) is 1. The fraction of sp³-hybridized carbons (Fsp3) is 1.00. The third-order valence-electron chi connectivity index (χ3n) is 3.33. The summed E-state index contributed by atoms with van der Waals surface area (Å²) >= 11 is 1.95. The molecular weight excluding hydrogens is 204 g/mol. The van der Waals surface area contributed by atoms with Crippen LogP contribution in [0, 0.1) is 0 Å². The number of hydrogen-bond donors (Lipinski definition) is 1. The molecule has 1 heterocycles. The van der Waals surface area contributed by atoms with Gasteiger partial charge in [0.25, 0.3) is 0 Å². The second-order valence-corrected chi connectivity index (χ2v) is 6.40. The van der Waals surface area contributed by atoms with Gasteiger partial charge in [0.05, 0.1) is 0 Å². The maximum absolute atomic E-state index is 3.60. The molecule has 0 aromatic heterocycles. The first-order valence-corrected chi connectivity index (χ1v) is 7.35. The number of nitrogens with zero attached hydrogens (tertiary/aromatic N) is 1. The fourth-order valence-corrected chi connectivity index (χ4v) is 2.83. The molecule has 1 saturated heterocycles. The van der Waals surface area contributed by atoms with Crippen molar-refractivity contribution < 1.29 is 0 Å². The minimum Gasteiger partial charge on any atom is -0.309 e. The number of piperazine rings is 1. The van der Waals surface area contributed by atoms with Crippen LogP contribution in [0.4, 0.5) is 0 Å². The van der Waals surface area contributed by atoms with E-state index in [0.717, 1.165) is 6.54 Å². The molecular formula is C12H26N2S. The standard InChI is InChI=1S/C12H26N2S/c1-10(6-7-15-5)14-9-12(3,4)13-8-11(14)2/h10-11,13H,6-9H2,1-5H3. The molecule has 1 aliphatic heterocycles. The van der Waals surface area contributed by atoms with Crippen LogP contribution >= 0.6 is 11.8 Å². The molecule has 2 atom stereocenters. The van der Waals surface area contributed by atoms with Crippen LogP contribution in [-0.2, 0) is 0 Å². The Bertz CT molecular complexity index is 194. The van der Waals surface area contributed by atoms with Crippen molar-refractivity contribution in [2.45, 2.75) is 51.7 Å². The highest BCUT2D eigenvalue weighted by Crippen LogP contribution is 2.19. The monoisotopic (exact) mass is 230 g/mol. The minimum atomic E-state index is 0.278. The summed E-state index contributed by atoms with van der Waals surface area (Å²) in [5.41, 5.74) is 0.278. The molecule has 0 radical (unpaired) electrons. The van der Waals surface area contributed by atoms with Crippen molar-refractivity contribution in [1.82, 2.24) is 10.2 Å². The first-order chi connectivity index (χ1) is 6.96. The molecule has 3 heteroatoms. The van der Waals surface area contributed by atoms with Crippen molar-refractivity contribution in [3.63, 3.8) is 0 Å². The zero-order valence-electron chi connectivity index (χ0n) is 10.8. The first-order valence-electron chi connectivity index (χ1n) is 5.96. The molecule has 90 valence electrons. The van der Waals surface area contributed by atoms with E-state index in [1.54, 1.807) is 0 Å². The van der Waals surface area contributed by atoms with Gasteiger partial charge in [-0.25, -0.2) is 0 Å². The normalized spacial score (nSPS) is 29.0. The van der Waals surface area contributed by atoms with Crippen LogP contribution < -0.4 is 5.32 Å². The van der Waals surface area contributed by atoms with Gasteiger partial charge in [-0.3, -0.25) is 4.90 Å². The fourth-order valence-electron chi connectivity index (χ4n) is 2.25. The van der Waals surface area contributed by atoms with Crippen molar-refractivity contribution >= 4 is 11.8 Å². The summed E-state index contributed by atoms with van der Waals surface area (Å²) in [5.74, 6) is 1.28. The number of hydrogen-bond acceptors (Lipinski definition) is 3. The predicted octanol–water partition coefficient (Wildman–Crippen LogP) is 2.20. The van der Waals surface area contributed by atoms with Crippen molar-refractivity contribution in [2.24, 2.45) is 0 Å². The van der Waals surface area contributed by atoms with Gasteiger partial charge >= 0.3 is 0 Å². The highest BCUT2D eigenvalue weighted by Gasteiger charge is 2.32. The van der Waals surface area contributed by atoms with Crippen LogP contribution in [-0.4, -0.2) is 47.6 Å². The quantitative estimate of drug-likeness (QED) is 0.797. The summed E-state index contributed by atoms with van der Waals surface area (Å²) < 4.78 is 0. The van der Waals surface area contributed by atoms with Crippen LogP contribution in [0.25, 0.3) is 0 Å². The summed E-state index contributed by atoms with van der Waals surface area (Å²) in [6, 6.07) is 1.39. The zero-order chi connectivity index (χ0) is 11.5. The Morgan fingerprint density at radius 3 is 2.80 bits per heavy atom. The van der Waals surface area contributed by atoms with Crippen molar-refractivity contribution in [1.29, 1.82) is 0 Å². The smallest absolute Gasteiger partial charge is 0.0253 e. The van der Waals surface area contributed by atoms with E-state index in [-0.39, 0.29) is 5.54 Å². The Morgan fingerprint density at radius 1 is 1.53 bits per heavy atom. The Balaban J connectivity index is 2.50. The highest BCUT2D eigenvalue weighted by atomic mass is 32.2. The van der Waals surface area contributed by atoms with E-state index >= 15 is 0 Å². The maximum atomic E-state index is 3.60. The van der Waals surface area contributed by atoms with Gasteiger partial charge in [0, 0.05) is 30.7 Å². The molecule has 0 saturated carbocycles. The third kappa shape index (κ3) is 3.97. The average molecular weight is 230 g/mol. The van der Waals surface area contributed by atoms with E-state index in [4.69, 9.17) is 0 Å². The molecule has 2 unspecified atom stereocenters. The van der Waals surface area contributed by atoms with E-state index in [0.29, 0.717) is 12.1 Å². The van der Waals surface area contributed by atoms with Crippen LogP contribution in [0.2, 0.25) is 0 Å². The minimum absolute atomic E-state index is 0.278. The predicted molar refractivity (Wildman–Crippen MR) is 70.7 cm³/mol. The van der Waals surface area contributed by atoms with Gasteiger partial charge in [0.1, 0.15) is 0 Å². The lowest BCUT2D eigenvalue weighted by atomic mass is 9.97. The largest absolute Gasteiger partial charge is 0.309 e. The Morgan fingerprint density at radius 2 is 2.20 bits per heavy atom. The molecule has 1 N–H and O–H groups in total. The second kappa shape index (κ2) is 5.55. The summed E-state index contributed by atoms with van der Waals surface area (Å²) in [6.45, 7) is 11.6. The van der Waals surface area contributed by atoms with E-state index in [9.17, 15) is 0 Å². The molecule has 1 aliphatic rings. The summed E-state index contributed by atoms with van der Waals surface area (Å²) in [7, 11) is 0. The van der Waals surface area contributed by atoms with Crippen LogP contribution in [0.3, 0.4) is 0 Å². The van der Waals surface area contributed by atoms with Gasteiger partial charge in [-0.05, 0) is 46.1 Å². The van der Waals surface area contributed by atoms with Gasteiger partial charge in [-0.1, -0.05) is 0 Å². The van der Waals surface area contributed by atoms with E-state index < -0.39 is 0 Å². The molecule has 1 rings (SSSR count). The Hall–Kier alpha value is 0.270. The number of thioether (sulfide) groups is 1. The molecule has 0 aromatic carbocycles. The highest BCUT2D eigenvalue weighted by molar-refractivity contribution is 7.98. The Labute approximate surface area is 99.2 Å². The van der Waals surface area contributed by atoms with E-state index in [1.807, 2.05) is 11.8 Å². The molecule has 0 aromatic rings. The second-order valence-electron chi connectivity index (χ2n) is 5.42. The van der Waals surface area contributed by atoms with Crippen molar-refractivity contribution in [2.75, 3.05) is 25.1 Å². The van der Waals surface area contributed by atoms with Crippen LogP contribution in [0.1, 0.15) is 34.1 Å². The zero-order valence-corrected chi connectivity index (χ0v) is 11.7. The van der Waals surface area contributed by atoms with Gasteiger partial charge in [-0.2, -0.15) is 11.8 Å². The van der Waals surface area contributed by atoms with Gasteiger partial charge in [-0.15, -0.1) is 0 Å². The molecule has 0 amide bonds. The third-order valence-corrected chi connectivity index (χ3v) is 3.97. The van der Waals surface area contributed by atoms with E-state index in [2.05, 4.69) is 44.2 Å². The molecule has 15 heavy (non-hydrogen) atoms. The lowest BCUT2D eigenvalue weighted by Gasteiger charge is -2.46. The van der Waals surface area contributed by atoms with Gasteiger partial charge < -0.3 is 5.32 Å². The van der Waals surface area contributed by atoms with Crippen LogP contribution in [0.5, 0.6) is 0 Å². The molecule has 0 spiro atoms. The van der Waals surface area contributed by atoms with E-state index in [1.165, 1.54) is 18.7 Å². The maximum Gasteiger partial charge on any atom is 0.0253 e. The van der Waals surface area contributed by atoms with Gasteiger partial charge in [0.15, 0.2) is 0 Å². The lowest BCUT2D eigenvalue weighted by molar-refractivity contribution is 0.0681. The summed E-state index contributed by atoms with van der Waals surface area (Å²) in [4.78, 5) is 2.66. The van der Waals surface area contributed by atoms with Gasteiger partial charge in [0.2, 0.25) is 0 Å². The molecule has 0 bridgehead atoms. The SMILES string of the molecule is CSCCC(C)N1CC(C)(C)NCC1C. The Kier molecular flexibility index (Phi) is 4.94. The number of rotatable bonds is 4. The van der Waals surface area contributed by atoms with Crippen LogP contribution in [0.15, 0.2) is 0 Å². The topological polar surface area (TPSA) is 15.3 Å². The average Bonchev–Trinajstić information content (AvgIpc) is 2.18. The lowest BCUT2D eigenvalue weighted by Crippen LogP contribution is -2.62. The molecule has 2 nitrogen and oxygen atoms in total. The molecule has 1 fully saturated rings.